The van der Waals surface area contributed by atoms with Crippen LogP contribution in [0.15, 0.2) is 41.7 Å². The molecule has 1 aromatic carbocycles. The van der Waals surface area contributed by atoms with E-state index in [9.17, 15) is 9.18 Å². The van der Waals surface area contributed by atoms with Gasteiger partial charge < -0.3 is 15.8 Å². The van der Waals surface area contributed by atoms with Gasteiger partial charge in [-0.25, -0.2) is 9.37 Å². The Morgan fingerprint density at radius 1 is 1.41 bits per heavy atom. The number of nitrogens with two attached hydrogens (primary N) is 1. The van der Waals surface area contributed by atoms with E-state index >= 15 is 0 Å². The third kappa shape index (κ3) is 5.18. The topological polar surface area (TPSA) is 102 Å². The van der Waals surface area contributed by atoms with Crippen LogP contribution >= 0.6 is 11.8 Å². The van der Waals surface area contributed by atoms with Gasteiger partial charge in [-0.2, -0.15) is 0 Å². The third-order valence-corrected chi connectivity index (χ3v) is 5.25. The molecule has 1 aliphatic heterocycles. The number of carbonyl (C=O) groups excluding carboxylic acids is 1. The van der Waals surface area contributed by atoms with E-state index in [-0.39, 0.29) is 11.5 Å². The maximum Gasteiger partial charge on any atom is 0.275 e. The Morgan fingerprint density at radius 2 is 2.24 bits per heavy atom. The number of methoxy groups -OCH3 is 1. The first-order valence-corrected chi connectivity index (χ1v) is 9.97. The molecule has 2 heterocycles. The van der Waals surface area contributed by atoms with Gasteiger partial charge in [0.15, 0.2) is 5.17 Å². The van der Waals surface area contributed by atoms with Crippen LogP contribution in [0.1, 0.15) is 35.1 Å². The lowest BCUT2D eigenvalue weighted by molar-refractivity contribution is 0.102. The molecule has 3 rings (SSSR count). The van der Waals surface area contributed by atoms with Crippen molar-refractivity contribution in [2.75, 3.05) is 24.8 Å². The van der Waals surface area contributed by atoms with Crippen molar-refractivity contribution >= 4 is 34.6 Å². The van der Waals surface area contributed by atoms with Gasteiger partial charge in [0.1, 0.15) is 11.5 Å². The number of ether oxygens (including phenoxy) is 1. The largest absolute Gasteiger partial charge is 0.381 e. The fraction of sp³-hybridized carbons (Fsp3) is 0.300. The number of anilines is 1. The molecular weight excluding hydrogens is 393 g/mol. The number of hydrogen-bond acceptors (Lipinski definition) is 7. The molecule has 29 heavy (non-hydrogen) atoms. The summed E-state index contributed by atoms with van der Waals surface area (Å²) < 4.78 is 19.4. The molecule has 0 spiro atoms. The highest BCUT2D eigenvalue weighted by Gasteiger charge is 2.32. The molecule has 0 unspecified atom stereocenters. The van der Waals surface area contributed by atoms with Gasteiger partial charge in [-0.05, 0) is 37.6 Å². The molecule has 1 aliphatic rings. The molecule has 3 N–H and O–H groups in total. The number of rotatable bonds is 6. The van der Waals surface area contributed by atoms with Crippen molar-refractivity contribution in [3.05, 3.63) is 59.4 Å². The number of hydrogen-bond donors (Lipinski definition) is 2. The van der Waals surface area contributed by atoms with Gasteiger partial charge >= 0.3 is 0 Å². The maximum absolute atomic E-state index is 14.5. The number of halogens is 1. The summed E-state index contributed by atoms with van der Waals surface area (Å²) in [4.78, 5) is 25.2. The predicted molar refractivity (Wildman–Crippen MR) is 113 cm³/mol. The van der Waals surface area contributed by atoms with Gasteiger partial charge in [0, 0.05) is 24.1 Å². The quantitative estimate of drug-likeness (QED) is 0.751. The molecule has 0 saturated carbocycles. The van der Waals surface area contributed by atoms with Crippen LogP contribution in [0.4, 0.5) is 10.1 Å². The number of aliphatic imine (C=N–C) groups is 1. The lowest BCUT2D eigenvalue weighted by Crippen LogP contribution is -2.29. The highest BCUT2D eigenvalue weighted by molar-refractivity contribution is 8.13. The SMILES string of the molecule is COC/C=C\c1cnc(C(=O)Nc2ccc(F)c([C@]3(C)CCSC(N)=N3)c2)cn1. The Labute approximate surface area is 172 Å². The van der Waals surface area contributed by atoms with E-state index in [1.165, 1.54) is 36.3 Å². The van der Waals surface area contributed by atoms with Gasteiger partial charge in [0.25, 0.3) is 5.91 Å². The normalized spacial score (nSPS) is 19.2. The fourth-order valence-corrected chi connectivity index (χ4v) is 3.87. The molecule has 152 valence electrons. The Balaban J connectivity index is 1.77. The van der Waals surface area contributed by atoms with E-state index in [0.29, 0.717) is 35.1 Å². The zero-order valence-electron chi connectivity index (χ0n) is 16.2. The van der Waals surface area contributed by atoms with E-state index in [0.717, 1.165) is 5.75 Å². The molecule has 9 heteroatoms. The molecule has 1 aromatic heterocycles. The fourth-order valence-electron chi connectivity index (χ4n) is 2.90. The highest BCUT2D eigenvalue weighted by Crippen LogP contribution is 2.37. The zero-order chi connectivity index (χ0) is 20.9. The molecular formula is C20H22FN5O2S. The molecule has 2 aromatic rings. The Bertz CT molecular complexity index is 948. The number of nitrogens with one attached hydrogen (secondary N) is 1. The summed E-state index contributed by atoms with van der Waals surface area (Å²) in [5.74, 6) is -0.0707. The Hall–Kier alpha value is -2.78. The van der Waals surface area contributed by atoms with E-state index in [2.05, 4.69) is 20.3 Å². The number of carbonyl (C=O) groups is 1. The van der Waals surface area contributed by atoms with Crippen LogP contribution in [0, 0.1) is 5.82 Å². The first kappa shape index (κ1) is 20.9. The molecule has 1 atom stereocenters. The Morgan fingerprint density at radius 3 is 2.93 bits per heavy atom. The number of amides is 1. The van der Waals surface area contributed by atoms with Crippen LogP contribution in [-0.4, -0.2) is 40.5 Å². The van der Waals surface area contributed by atoms with Crippen LogP contribution in [0.2, 0.25) is 0 Å². The van der Waals surface area contributed by atoms with Crippen molar-refractivity contribution in [3.8, 4) is 0 Å². The zero-order valence-corrected chi connectivity index (χ0v) is 17.0. The first-order valence-electron chi connectivity index (χ1n) is 8.98. The maximum atomic E-state index is 14.5. The van der Waals surface area contributed by atoms with Crippen molar-refractivity contribution in [3.63, 3.8) is 0 Å². The van der Waals surface area contributed by atoms with Crippen LogP contribution in [0.3, 0.4) is 0 Å². The van der Waals surface area contributed by atoms with Crippen LogP contribution < -0.4 is 11.1 Å². The van der Waals surface area contributed by atoms with E-state index in [1.807, 2.05) is 6.92 Å². The number of benzene rings is 1. The van der Waals surface area contributed by atoms with E-state index in [4.69, 9.17) is 10.5 Å². The molecule has 1 amide bonds. The second-order valence-corrected chi connectivity index (χ2v) is 7.77. The minimum Gasteiger partial charge on any atom is -0.381 e. The van der Waals surface area contributed by atoms with Gasteiger partial charge in [-0.1, -0.05) is 17.8 Å². The van der Waals surface area contributed by atoms with Crippen molar-refractivity contribution in [2.24, 2.45) is 10.7 Å². The minimum atomic E-state index is -0.768. The number of amidine groups is 1. The van der Waals surface area contributed by atoms with Gasteiger partial charge in [-0.3, -0.25) is 14.8 Å². The van der Waals surface area contributed by atoms with E-state index < -0.39 is 11.4 Å². The van der Waals surface area contributed by atoms with Crippen molar-refractivity contribution in [1.29, 1.82) is 0 Å². The lowest BCUT2D eigenvalue weighted by atomic mass is 9.89. The summed E-state index contributed by atoms with van der Waals surface area (Å²) in [5.41, 5.74) is 6.68. The summed E-state index contributed by atoms with van der Waals surface area (Å²) in [5, 5.41) is 3.17. The molecule has 0 saturated heterocycles. The summed E-state index contributed by atoms with van der Waals surface area (Å²) in [6.45, 7) is 2.30. The van der Waals surface area contributed by atoms with Crippen molar-refractivity contribution < 1.29 is 13.9 Å². The van der Waals surface area contributed by atoms with Gasteiger partial charge in [0.2, 0.25) is 0 Å². The average Bonchev–Trinajstić information content (AvgIpc) is 2.70. The number of thioether (sulfide) groups is 1. The Kier molecular flexibility index (Phi) is 6.60. The molecule has 0 bridgehead atoms. The van der Waals surface area contributed by atoms with Crippen LogP contribution in [0.25, 0.3) is 6.08 Å². The van der Waals surface area contributed by atoms with Gasteiger partial charge in [-0.15, -0.1) is 0 Å². The summed E-state index contributed by atoms with van der Waals surface area (Å²) in [6.07, 6.45) is 7.08. The average molecular weight is 415 g/mol. The standard InChI is InChI=1S/C20H22FN5O2S/c1-20(7-9-29-19(22)26-20)15-10-13(5-6-16(15)21)25-18(27)17-12-23-14(11-24-17)4-3-8-28-2/h3-6,10-12H,7-9H2,1-2H3,(H2,22,26)(H,25,27)/b4-3-/t20-/m0/s1. The summed E-state index contributed by atoms with van der Waals surface area (Å²) in [6, 6.07) is 4.41. The van der Waals surface area contributed by atoms with Crippen LogP contribution in [-0.2, 0) is 10.3 Å². The lowest BCUT2D eigenvalue weighted by Gasteiger charge is -2.30. The first-order chi connectivity index (χ1) is 13.9. The molecule has 7 nitrogen and oxygen atoms in total. The minimum absolute atomic E-state index is 0.155. The smallest absolute Gasteiger partial charge is 0.275 e. The molecule has 0 aliphatic carbocycles. The molecule has 0 radical (unpaired) electrons. The van der Waals surface area contributed by atoms with Gasteiger partial charge in [0.05, 0.1) is 30.2 Å². The summed E-state index contributed by atoms with van der Waals surface area (Å²) in [7, 11) is 1.60. The second-order valence-electron chi connectivity index (χ2n) is 6.66. The highest BCUT2D eigenvalue weighted by atomic mass is 32.2. The molecule has 0 fully saturated rings. The number of aromatic nitrogens is 2. The third-order valence-electron chi connectivity index (χ3n) is 4.46. The number of nitrogens with zero attached hydrogens (tertiary/aromatic N) is 3. The van der Waals surface area contributed by atoms with E-state index in [1.54, 1.807) is 25.3 Å². The summed E-state index contributed by atoms with van der Waals surface area (Å²) >= 11 is 1.45. The van der Waals surface area contributed by atoms with Crippen molar-refractivity contribution in [2.45, 2.75) is 18.9 Å². The second kappa shape index (κ2) is 9.15. The van der Waals surface area contributed by atoms with Crippen molar-refractivity contribution in [1.82, 2.24) is 9.97 Å². The monoisotopic (exact) mass is 415 g/mol. The van der Waals surface area contributed by atoms with Crippen LogP contribution in [0.5, 0.6) is 0 Å². The predicted octanol–water partition coefficient (Wildman–Crippen LogP) is 3.19.